The molecule has 0 radical (unpaired) electrons. The fourth-order valence-electron chi connectivity index (χ4n) is 4.57. The van der Waals surface area contributed by atoms with Gasteiger partial charge in [-0.1, -0.05) is 45.0 Å². The number of carbonyl (C=O) groups is 2. The monoisotopic (exact) mass is 531 g/mol. The molecule has 6 heteroatoms. The van der Waals surface area contributed by atoms with Crippen LogP contribution in [0.4, 0.5) is 0 Å². The fraction of sp³-hybridized carbons (Fsp3) is 0.455. The third-order valence-electron chi connectivity index (χ3n) is 7.03. The average molecular weight is 532 g/mol. The summed E-state index contributed by atoms with van der Waals surface area (Å²) in [6, 6.07) is 19.7. The molecule has 0 aliphatic heterocycles. The third-order valence-corrected chi connectivity index (χ3v) is 7.03. The Morgan fingerprint density at radius 2 is 1.59 bits per heavy atom. The number of benzene rings is 2. The van der Waals surface area contributed by atoms with Crippen LogP contribution in [0.3, 0.4) is 0 Å². The Balaban J connectivity index is 1.80. The van der Waals surface area contributed by atoms with Crippen LogP contribution in [0.5, 0.6) is 5.75 Å². The number of hydrogen-bond donors (Lipinski definition) is 0. The van der Waals surface area contributed by atoms with Crippen LogP contribution in [-0.4, -0.2) is 51.4 Å². The van der Waals surface area contributed by atoms with Crippen LogP contribution in [0.2, 0.25) is 0 Å². The van der Waals surface area contributed by atoms with Crippen LogP contribution >= 0.6 is 0 Å². The Morgan fingerprint density at radius 3 is 2.15 bits per heavy atom. The zero-order valence-corrected chi connectivity index (χ0v) is 25.1. The maximum Gasteiger partial charge on any atom is 0.254 e. The lowest BCUT2D eigenvalue weighted by molar-refractivity contribution is -0.138. The lowest BCUT2D eigenvalue weighted by atomic mass is 9.86. The first kappa shape index (κ1) is 30.0. The molecule has 39 heavy (non-hydrogen) atoms. The SMILES string of the molecule is COc1cccc(Cn2cccc2CN(C(=O)CN(C(=O)c2ccc(C(C)(C)C)cc2)C(C)C)C(C)(C)C)c1. The van der Waals surface area contributed by atoms with Crippen LogP contribution in [0.1, 0.15) is 82.6 Å². The van der Waals surface area contributed by atoms with Crippen molar-refractivity contribution < 1.29 is 14.3 Å². The summed E-state index contributed by atoms with van der Waals surface area (Å²) >= 11 is 0. The highest BCUT2D eigenvalue weighted by molar-refractivity contribution is 5.96. The number of nitrogens with zero attached hydrogens (tertiary/aromatic N) is 3. The van der Waals surface area contributed by atoms with Crippen molar-refractivity contribution in [2.75, 3.05) is 13.7 Å². The first-order valence-electron chi connectivity index (χ1n) is 13.7. The topological polar surface area (TPSA) is 54.8 Å². The maximum atomic E-state index is 13.8. The normalized spacial score (nSPS) is 11.9. The van der Waals surface area contributed by atoms with E-state index in [2.05, 4.69) is 31.4 Å². The van der Waals surface area contributed by atoms with Crippen molar-refractivity contribution in [3.8, 4) is 5.75 Å². The van der Waals surface area contributed by atoms with Gasteiger partial charge in [0, 0.05) is 35.6 Å². The molecular formula is C33H45N3O3. The molecule has 3 aromatic rings. The van der Waals surface area contributed by atoms with Gasteiger partial charge in [0.15, 0.2) is 0 Å². The first-order chi connectivity index (χ1) is 18.2. The highest BCUT2D eigenvalue weighted by atomic mass is 16.5. The van der Waals surface area contributed by atoms with E-state index in [1.165, 1.54) is 5.56 Å². The van der Waals surface area contributed by atoms with Gasteiger partial charge in [-0.2, -0.15) is 0 Å². The maximum absolute atomic E-state index is 13.8. The molecule has 210 valence electrons. The molecule has 1 aromatic heterocycles. The smallest absolute Gasteiger partial charge is 0.254 e. The molecule has 0 aliphatic carbocycles. The van der Waals surface area contributed by atoms with Crippen LogP contribution < -0.4 is 4.74 Å². The summed E-state index contributed by atoms with van der Waals surface area (Å²) in [6.07, 6.45) is 2.03. The average Bonchev–Trinajstić information content (AvgIpc) is 3.30. The van der Waals surface area contributed by atoms with Crippen molar-refractivity contribution in [3.05, 3.63) is 89.2 Å². The summed E-state index contributed by atoms with van der Waals surface area (Å²) in [5.41, 5.74) is 3.49. The summed E-state index contributed by atoms with van der Waals surface area (Å²) < 4.78 is 7.53. The molecule has 1 heterocycles. The Hall–Kier alpha value is -3.54. The summed E-state index contributed by atoms with van der Waals surface area (Å²) in [4.78, 5) is 30.9. The number of rotatable bonds is 9. The van der Waals surface area contributed by atoms with Gasteiger partial charge in [-0.15, -0.1) is 0 Å². The van der Waals surface area contributed by atoms with Crippen molar-refractivity contribution in [3.63, 3.8) is 0 Å². The van der Waals surface area contributed by atoms with Crippen molar-refractivity contribution >= 4 is 11.8 Å². The van der Waals surface area contributed by atoms with Gasteiger partial charge in [0.25, 0.3) is 5.91 Å². The number of methoxy groups -OCH3 is 1. The molecule has 0 fully saturated rings. The van der Waals surface area contributed by atoms with Gasteiger partial charge in [0.2, 0.25) is 5.91 Å². The molecule has 3 rings (SSSR count). The van der Waals surface area contributed by atoms with Crippen LogP contribution in [-0.2, 0) is 23.3 Å². The van der Waals surface area contributed by atoms with Gasteiger partial charge in [-0.25, -0.2) is 0 Å². The molecule has 2 amide bonds. The van der Waals surface area contributed by atoms with Crippen LogP contribution in [0.15, 0.2) is 66.9 Å². The van der Waals surface area contributed by atoms with Gasteiger partial charge < -0.3 is 19.1 Å². The zero-order valence-electron chi connectivity index (χ0n) is 25.1. The molecule has 0 atom stereocenters. The number of carbonyl (C=O) groups excluding carboxylic acids is 2. The van der Waals surface area contributed by atoms with Gasteiger partial charge in [0.05, 0.1) is 13.7 Å². The van der Waals surface area contributed by atoms with E-state index < -0.39 is 5.54 Å². The van der Waals surface area contributed by atoms with E-state index in [1.807, 2.05) is 100 Å². The Labute approximate surface area is 234 Å². The van der Waals surface area contributed by atoms with E-state index in [4.69, 9.17) is 4.74 Å². The standard InChI is InChI=1S/C33H45N3O3/c1-24(2)35(31(38)26-15-17-27(18-16-26)32(3,4)5)23-30(37)36(33(6,7)8)22-28-13-11-19-34(28)21-25-12-10-14-29(20-25)39-9/h10-20,24H,21-23H2,1-9H3. The summed E-state index contributed by atoms with van der Waals surface area (Å²) in [7, 11) is 1.67. The quantitative estimate of drug-likeness (QED) is 0.316. The molecule has 0 aliphatic rings. The van der Waals surface area contributed by atoms with Crippen molar-refractivity contribution in [2.45, 2.75) is 85.5 Å². The Bertz CT molecular complexity index is 1260. The number of ether oxygens (including phenoxy) is 1. The molecular weight excluding hydrogens is 486 g/mol. The number of amides is 2. The highest BCUT2D eigenvalue weighted by Gasteiger charge is 2.31. The predicted molar refractivity (Wildman–Crippen MR) is 158 cm³/mol. The molecule has 0 spiro atoms. The minimum Gasteiger partial charge on any atom is -0.497 e. The number of aromatic nitrogens is 1. The minimum absolute atomic E-state index is 0.00668. The minimum atomic E-state index is -0.428. The second kappa shape index (κ2) is 12.1. The van der Waals surface area contributed by atoms with E-state index in [0.717, 1.165) is 17.0 Å². The van der Waals surface area contributed by atoms with Gasteiger partial charge in [-0.3, -0.25) is 9.59 Å². The Kier molecular flexibility index (Phi) is 9.31. The van der Waals surface area contributed by atoms with Crippen molar-refractivity contribution in [1.29, 1.82) is 0 Å². The molecule has 0 saturated carbocycles. The van der Waals surface area contributed by atoms with E-state index in [9.17, 15) is 9.59 Å². The molecule has 2 aromatic carbocycles. The van der Waals surface area contributed by atoms with E-state index in [1.54, 1.807) is 12.0 Å². The summed E-state index contributed by atoms with van der Waals surface area (Å²) in [5, 5.41) is 0. The number of hydrogen-bond acceptors (Lipinski definition) is 3. The zero-order chi connectivity index (χ0) is 29.0. The van der Waals surface area contributed by atoms with Crippen LogP contribution in [0, 0.1) is 0 Å². The lowest BCUT2D eigenvalue weighted by Crippen LogP contribution is -2.51. The van der Waals surface area contributed by atoms with Gasteiger partial charge in [-0.05, 0) is 87.6 Å². The predicted octanol–water partition coefficient (Wildman–Crippen LogP) is 6.52. The molecule has 0 N–H and O–H groups in total. The second-order valence-electron chi connectivity index (χ2n) is 12.5. The van der Waals surface area contributed by atoms with Gasteiger partial charge in [0.1, 0.15) is 12.3 Å². The molecule has 0 unspecified atom stereocenters. The van der Waals surface area contributed by atoms with E-state index in [0.29, 0.717) is 18.7 Å². The fourth-order valence-corrected chi connectivity index (χ4v) is 4.57. The molecule has 0 bridgehead atoms. The van der Waals surface area contributed by atoms with Crippen molar-refractivity contribution in [2.24, 2.45) is 0 Å². The third kappa shape index (κ3) is 7.75. The lowest BCUT2D eigenvalue weighted by Gasteiger charge is -2.38. The molecule has 0 saturated heterocycles. The molecule has 6 nitrogen and oxygen atoms in total. The van der Waals surface area contributed by atoms with E-state index >= 15 is 0 Å². The van der Waals surface area contributed by atoms with Crippen LogP contribution in [0.25, 0.3) is 0 Å². The first-order valence-corrected chi connectivity index (χ1v) is 13.7. The summed E-state index contributed by atoms with van der Waals surface area (Å²) in [5.74, 6) is 0.609. The van der Waals surface area contributed by atoms with Gasteiger partial charge >= 0.3 is 0 Å². The van der Waals surface area contributed by atoms with Crippen molar-refractivity contribution in [1.82, 2.24) is 14.4 Å². The Morgan fingerprint density at radius 1 is 0.923 bits per heavy atom. The highest BCUT2D eigenvalue weighted by Crippen LogP contribution is 2.24. The summed E-state index contributed by atoms with van der Waals surface area (Å²) in [6.45, 7) is 17.6. The largest absolute Gasteiger partial charge is 0.497 e. The second-order valence-corrected chi connectivity index (χ2v) is 12.5. The van der Waals surface area contributed by atoms with E-state index in [-0.39, 0.29) is 29.8 Å².